The van der Waals surface area contributed by atoms with Crippen molar-refractivity contribution in [1.29, 1.82) is 0 Å². The zero-order valence-electron chi connectivity index (χ0n) is 17.5. The Labute approximate surface area is 179 Å². The van der Waals surface area contributed by atoms with Crippen LogP contribution in [-0.4, -0.2) is 20.3 Å². The summed E-state index contributed by atoms with van der Waals surface area (Å²) in [6.45, 7) is 1.81. The van der Waals surface area contributed by atoms with Gasteiger partial charge in [0.05, 0.1) is 17.6 Å². The van der Waals surface area contributed by atoms with Gasteiger partial charge in [0.25, 0.3) is 5.56 Å². The van der Waals surface area contributed by atoms with Gasteiger partial charge in [-0.25, -0.2) is 9.67 Å². The zero-order chi connectivity index (χ0) is 21.8. The van der Waals surface area contributed by atoms with Crippen molar-refractivity contribution in [3.63, 3.8) is 0 Å². The average Bonchev–Trinajstić information content (AvgIpc) is 3.34. The third-order valence-corrected chi connectivity index (χ3v) is 5.22. The van der Waals surface area contributed by atoms with Gasteiger partial charge in [0.1, 0.15) is 5.69 Å². The molecule has 31 heavy (non-hydrogen) atoms. The molecule has 7 nitrogen and oxygen atoms in total. The summed E-state index contributed by atoms with van der Waals surface area (Å²) in [5.41, 5.74) is 2.46. The third-order valence-electron chi connectivity index (χ3n) is 5.22. The van der Waals surface area contributed by atoms with E-state index < -0.39 is 0 Å². The fraction of sp³-hybridized carbons (Fsp3) is 0.208. The van der Waals surface area contributed by atoms with Crippen LogP contribution in [0.25, 0.3) is 17.0 Å². The predicted molar refractivity (Wildman–Crippen MR) is 119 cm³/mol. The molecule has 0 bridgehead atoms. The highest BCUT2D eigenvalue weighted by molar-refractivity contribution is 5.91. The van der Waals surface area contributed by atoms with E-state index in [1.54, 1.807) is 22.6 Å². The van der Waals surface area contributed by atoms with Crippen molar-refractivity contribution in [2.24, 2.45) is 7.05 Å². The number of rotatable bonds is 7. The lowest BCUT2D eigenvalue weighted by molar-refractivity contribution is -0.116. The quantitative estimate of drug-likeness (QED) is 0.492. The Kier molecular flexibility index (Phi) is 5.84. The Bertz CT molecular complexity index is 1240. The molecule has 0 spiro atoms. The van der Waals surface area contributed by atoms with Crippen LogP contribution in [0, 0.1) is 6.92 Å². The first kappa shape index (κ1) is 20.4. The highest BCUT2D eigenvalue weighted by Crippen LogP contribution is 2.20. The number of oxazole rings is 1. The Morgan fingerprint density at radius 3 is 2.45 bits per heavy atom. The molecule has 4 rings (SSSR count). The Balaban J connectivity index is 1.38. The minimum Gasteiger partial charge on any atom is -0.441 e. The zero-order valence-corrected chi connectivity index (χ0v) is 17.5. The van der Waals surface area contributed by atoms with Gasteiger partial charge < -0.3 is 9.73 Å². The molecule has 2 aromatic carbocycles. The first-order valence-corrected chi connectivity index (χ1v) is 10.2. The molecule has 0 unspecified atom stereocenters. The fourth-order valence-electron chi connectivity index (χ4n) is 3.48. The van der Waals surface area contributed by atoms with Crippen molar-refractivity contribution >= 4 is 11.6 Å². The molecule has 0 aliphatic rings. The van der Waals surface area contributed by atoms with Crippen LogP contribution in [0.3, 0.4) is 0 Å². The maximum atomic E-state index is 12.9. The normalized spacial score (nSPS) is 10.9. The van der Waals surface area contributed by atoms with E-state index in [1.807, 2.05) is 67.6 Å². The molecule has 0 saturated heterocycles. The highest BCUT2D eigenvalue weighted by atomic mass is 16.4. The number of carbonyl (C=O) groups excluding carboxylic acids is 1. The summed E-state index contributed by atoms with van der Waals surface area (Å²) in [5.74, 6) is 1.09. The van der Waals surface area contributed by atoms with Crippen LogP contribution in [0.2, 0.25) is 0 Å². The Hall–Kier alpha value is -3.87. The molecule has 1 amide bonds. The standard InChI is InChI=1S/C24H24N4O3/c1-17-23(24(30)28(27(17)2)19-12-7-4-8-13-19)26-21(29)14-9-15-22-25-16-20(31-22)18-10-5-3-6-11-18/h3-8,10-13,16H,9,14-15H2,1-2H3,(H,26,29). The molecule has 158 valence electrons. The topological polar surface area (TPSA) is 82.1 Å². The molecule has 2 aromatic heterocycles. The molecule has 7 heteroatoms. The number of anilines is 1. The minimum atomic E-state index is -0.250. The Morgan fingerprint density at radius 2 is 1.74 bits per heavy atom. The van der Waals surface area contributed by atoms with Crippen molar-refractivity contribution in [2.75, 3.05) is 5.32 Å². The van der Waals surface area contributed by atoms with Gasteiger partial charge in [0.15, 0.2) is 11.7 Å². The van der Waals surface area contributed by atoms with E-state index in [4.69, 9.17) is 4.42 Å². The summed E-state index contributed by atoms with van der Waals surface area (Å²) in [4.78, 5) is 29.6. The molecule has 0 fully saturated rings. The van der Waals surface area contributed by atoms with Crippen molar-refractivity contribution < 1.29 is 9.21 Å². The fourth-order valence-corrected chi connectivity index (χ4v) is 3.48. The number of nitrogens with one attached hydrogen (secondary N) is 1. The molecule has 0 saturated carbocycles. The van der Waals surface area contributed by atoms with Gasteiger partial charge in [-0.1, -0.05) is 48.5 Å². The number of hydrogen-bond donors (Lipinski definition) is 1. The largest absolute Gasteiger partial charge is 0.441 e. The number of aromatic nitrogens is 3. The van der Waals surface area contributed by atoms with Gasteiger partial charge >= 0.3 is 0 Å². The van der Waals surface area contributed by atoms with Gasteiger partial charge in [-0.15, -0.1) is 0 Å². The first-order chi connectivity index (χ1) is 15.0. The second kappa shape index (κ2) is 8.87. The van der Waals surface area contributed by atoms with Crippen molar-refractivity contribution in [3.8, 4) is 17.0 Å². The minimum absolute atomic E-state index is 0.208. The van der Waals surface area contributed by atoms with Crippen molar-refractivity contribution in [3.05, 3.63) is 88.8 Å². The average molecular weight is 416 g/mol. The molecule has 0 aliphatic carbocycles. The lowest BCUT2D eigenvalue weighted by Crippen LogP contribution is -2.22. The SMILES string of the molecule is Cc1c(NC(=O)CCCc2ncc(-c3ccccc3)o2)c(=O)n(-c2ccccc2)n1C. The maximum Gasteiger partial charge on any atom is 0.295 e. The monoisotopic (exact) mass is 416 g/mol. The van der Waals surface area contributed by atoms with E-state index in [0.29, 0.717) is 35.9 Å². The Morgan fingerprint density at radius 1 is 1.06 bits per heavy atom. The molecular weight excluding hydrogens is 392 g/mol. The van der Waals surface area contributed by atoms with E-state index in [0.717, 1.165) is 11.3 Å². The van der Waals surface area contributed by atoms with E-state index in [1.165, 1.54) is 0 Å². The third kappa shape index (κ3) is 4.35. The second-order valence-corrected chi connectivity index (χ2v) is 7.32. The van der Waals surface area contributed by atoms with Crippen molar-refractivity contribution in [2.45, 2.75) is 26.2 Å². The molecule has 0 aliphatic heterocycles. The second-order valence-electron chi connectivity index (χ2n) is 7.32. The lowest BCUT2D eigenvalue weighted by atomic mass is 10.2. The number of para-hydroxylation sites is 1. The van der Waals surface area contributed by atoms with Gasteiger partial charge in [-0.2, -0.15) is 0 Å². The maximum absolute atomic E-state index is 12.9. The predicted octanol–water partition coefficient (Wildman–Crippen LogP) is 4.10. The van der Waals surface area contributed by atoms with Gasteiger partial charge in [-0.05, 0) is 25.5 Å². The van der Waals surface area contributed by atoms with Crippen LogP contribution < -0.4 is 10.9 Å². The molecule has 4 aromatic rings. The van der Waals surface area contributed by atoms with Crippen LogP contribution in [0.15, 0.2) is 76.1 Å². The summed E-state index contributed by atoms with van der Waals surface area (Å²) in [5, 5.41) is 2.78. The number of nitrogens with zero attached hydrogens (tertiary/aromatic N) is 3. The summed E-state index contributed by atoms with van der Waals surface area (Å²) < 4.78 is 9.06. The number of hydrogen-bond acceptors (Lipinski definition) is 4. The van der Waals surface area contributed by atoms with Crippen LogP contribution in [0.4, 0.5) is 5.69 Å². The highest BCUT2D eigenvalue weighted by Gasteiger charge is 2.18. The van der Waals surface area contributed by atoms with Gasteiger partial charge in [0.2, 0.25) is 5.91 Å². The lowest BCUT2D eigenvalue weighted by Gasteiger charge is -2.07. The van der Waals surface area contributed by atoms with Crippen LogP contribution in [-0.2, 0) is 18.3 Å². The summed E-state index contributed by atoms with van der Waals surface area (Å²) in [6.07, 6.45) is 3.08. The van der Waals surface area contributed by atoms with Crippen LogP contribution >= 0.6 is 0 Å². The number of amides is 1. The van der Waals surface area contributed by atoms with E-state index in [9.17, 15) is 9.59 Å². The number of aryl methyl sites for hydroxylation is 1. The number of benzene rings is 2. The summed E-state index contributed by atoms with van der Waals surface area (Å²) >= 11 is 0. The van der Waals surface area contributed by atoms with Crippen LogP contribution in [0.5, 0.6) is 0 Å². The van der Waals surface area contributed by atoms with Gasteiger partial charge in [-0.3, -0.25) is 14.3 Å². The van der Waals surface area contributed by atoms with Gasteiger partial charge in [0, 0.05) is 25.5 Å². The first-order valence-electron chi connectivity index (χ1n) is 10.2. The van der Waals surface area contributed by atoms with E-state index in [-0.39, 0.29) is 17.9 Å². The molecular formula is C24H24N4O3. The smallest absolute Gasteiger partial charge is 0.295 e. The van der Waals surface area contributed by atoms with E-state index in [2.05, 4.69) is 10.3 Å². The van der Waals surface area contributed by atoms with E-state index >= 15 is 0 Å². The summed E-state index contributed by atoms with van der Waals surface area (Å²) in [7, 11) is 1.80. The van der Waals surface area contributed by atoms with Crippen molar-refractivity contribution in [1.82, 2.24) is 14.3 Å². The molecule has 0 atom stereocenters. The molecule has 0 radical (unpaired) electrons. The number of carbonyl (C=O) groups is 1. The summed E-state index contributed by atoms with van der Waals surface area (Å²) in [6, 6.07) is 19.1. The molecule has 1 N–H and O–H groups in total. The van der Waals surface area contributed by atoms with Crippen LogP contribution in [0.1, 0.15) is 24.4 Å². The molecule has 2 heterocycles.